The quantitative estimate of drug-likeness (QED) is 0.402. The molecule has 0 saturated carbocycles. The molecule has 0 bridgehead atoms. The molecule has 0 N–H and O–H groups in total. The number of benzene rings is 1. The molecule has 0 aliphatic rings. The summed E-state index contributed by atoms with van der Waals surface area (Å²) in [7, 11) is 0. The molecule has 1 aromatic rings. The first-order chi connectivity index (χ1) is 9.10. The second kappa shape index (κ2) is 11.7. The van der Waals surface area contributed by atoms with Gasteiger partial charge in [-0.05, 0) is 49.9 Å². The first-order valence-electron chi connectivity index (χ1n) is 6.04. The summed E-state index contributed by atoms with van der Waals surface area (Å²) in [5, 5.41) is 0.194. The number of hydrogen-bond donors (Lipinski definition) is 0. The Kier molecular flexibility index (Phi) is 11.7. The van der Waals surface area contributed by atoms with Crippen LogP contribution in [0.1, 0.15) is 34.8 Å². The summed E-state index contributed by atoms with van der Waals surface area (Å²) in [6.45, 7) is 5.60. The Morgan fingerprint density at radius 1 is 1.37 bits per heavy atom. The third-order valence-corrected chi connectivity index (χ3v) is 3.37. The molecule has 0 saturated heterocycles. The fraction of sp³-hybridized carbons (Fsp3) is 0.500. The number of carbonyl (C=O) groups excluding carboxylic acids is 1. The molecule has 0 spiro atoms. The van der Waals surface area contributed by atoms with Crippen LogP contribution < -0.4 is 0 Å². The molecule has 0 aliphatic carbocycles. The lowest BCUT2D eigenvalue weighted by atomic mass is 10.0. The first-order valence-corrected chi connectivity index (χ1v) is 7.90. The van der Waals surface area contributed by atoms with E-state index in [-0.39, 0.29) is 5.34 Å². The van der Waals surface area contributed by atoms with Crippen molar-refractivity contribution in [3.8, 4) is 0 Å². The van der Waals surface area contributed by atoms with Crippen molar-refractivity contribution in [1.82, 2.24) is 0 Å². The second-order valence-electron chi connectivity index (χ2n) is 3.81. The van der Waals surface area contributed by atoms with Gasteiger partial charge in [-0.3, -0.25) is 4.79 Å². The molecule has 5 heteroatoms. The second-order valence-corrected chi connectivity index (χ2v) is 5.47. The van der Waals surface area contributed by atoms with E-state index in [1.165, 1.54) is 11.1 Å². The highest BCUT2D eigenvalue weighted by Gasteiger charge is 2.05. The van der Waals surface area contributed by atoms with E-state index in [4.69, 9.17) is 27.9 Å². The van der Waals surface area contributed by atoms with Gasteiger partial charge in [0.25, 0.3) is 0 Å². The van der Waals surface area contributed by atoms with Crippen molar-refractivity contribution in [1.29, 1.82) is 0 Å². The van der Waals surface area contributed by atoms with Crippen LogP contribution >= 0.6 is 39.1 Å². The molecule has 2 nitrogen and oxygen atoms in total. The molecule has 0 radical (unpaired) electrons. The van der Waals surface area contributed by atoms with E-state index >= 15 is 0 Å². The fourth-order valence-corrected chi connectivity index (χ4v) is 2.11. The molecule has 19 heavy (non-hydrogen) atoms. The Hall–Kier alpha value is -0.0900. The van der Waals surface area contributed by atoms with Gasteiger partial charge in [0.05, 0.1) is 5.34 Å². The van der Waals surface area contributed by atoms with E-state index in [2.05, 4.69) is 22.9 Å². The average molecular weight is 370 g/mol. The van der Waals surface area contributed by atoms with Crippen LogP contribution in [0.25, 0.3) is 0 Å². The van der Waals surface area contributed by atoms with Gasteiger partial charge in [0.2, 0.25) is 0 Å². The number of ether oxygens (including phenoxy) is 1. The van der Waals surface area contributed by atoms with Gasteiger partial charge in [-0.1, -0.05) is 15.9 Å². The molecular formula is C14H19BrCl2O2. The molecular weight excluding hydrogens is 351 g/mol. The predicted octanol–water partition coefficient (Wildman–Crippen LogP) is 4.96. The first kappa shape index (κ1) is 18.9. The summed E-state index contributed by atoms with van der Waals surface area (Å²) < 4.78 is 6.30. The molecule has 0 fully saturated rings. The maximum atomic E-state index is 10.8. The summed E-state index contributed by atoms with van der Waals surface area (Å²) in [5.74, 6) is 0. The topological polar surface area (TPSA) is 26.3 Å². The van der Waals surface area contributed by atoms with Crippen LogP contribution in [-0.4, -0.2) is 24.8 Å². The minimum absolute atomic E-state index is 0.194. The Morgan fingerprint density at radius 2 is 2.00 bits per heavy atom. The highest BCUT2D eigenvalue weighted by molar-refractivity contribution is 9.10. The molecule has 0 amide bonds. The number of hydrogen-bond acceptors (Lipinski definition) is 2. The SMILES string of the molecule is CCOCCCc1cc(C=O)cc(Br)c1C.ClCCl. The Morgan fingerprint density at radius 3 is 2.53 bits per heavy atom. The third-order valence-electron chi connectivity index (χ3n) is 2.55. The highest BCUT2D eigenvalue weighted by Crippen LogP contribution is 2.22. The van der Waals surface area contributed by atoms with E-state index in [0.717, 1.165) is 42.4 Å². The van der Waals surface area contributed by atoms with E-state index in [0.29, 0.717) is 0 Å². The van der Waals surface area contributed by atoms with Gasteiger partial charge >= 0.3 is 0 Å². The zero-order chi connectivity index (χ0) is 14.7. The molecule has 1 aromatic carbocycles. The molecule has 0 atom stereocenters. The van der Waals surface area contributed by atoms with E-state index < -0.39 is 0 Å². The van der Waals surface area contributed by atoms with Gasteiger partial charge in [0.15, 0.2) is 0 Å². The summed E-state index contributed by atoms with van der Waals surface area (Å²) >= 11 is 13.0. The lowest BCUT2D eigenvalue weighted by Gasteiger charge is -2.09. The normalized spacial score (nSPS) is 9.74. The van der Waals surface area contributed by atoms with Gasteiger partial charge in [0.1, 0.15) is 6.29 Å². The van der Waals surface area contributed by atoms with Crippen molar-refractivity contribution in [2.24, 2.45) is 0 Å². The number of alkyl halides is 2. The molecule has 108 valence electrons. The van der Waals surface area contributed by atoms with Gasteiger partial charge in [0, 0.05) is 23.2 Å². The number of aryl methyl sites for hydroxylation is 1. The fourth-order valence-electron chi connectivity index (χ4n) is 1.60. The third kappa shape index (κ3) is 7.93. The van der Waals surface area contributed by atoms with Crippen molar-refractivity contribution in [3.05, 3.63) is 33.3 Å². The largest absolute Gasteiger partial charge is 0.382 e. The monoisotopic (exact) mass is 368 g/mol. The Bertz CT molecular complexity index is 384. The van der Waals surface area contributed by atoms with Crippen LogP contribution in [0, 0.1) is 6.92 Å². The lowest BCUT2D eigenvalue weighted by Crippen LogP contribution is -1.99. The molecule has 0 heterocycles. The number of carbonyl (C=O) groups is 1. The summed E-state index contributed by atoms with van der Waals surface area (Å²) in [5.41, 5.74) is 3.15. The number of aldehydes is 1. The number of halogens is 3. The van der Waals surface area contributed by atoms with Crippen molar-refractivity contribution in [2.75, 3.05) is 18.6 Å². The molecule has 0 unspecified atom stereocenters. The molecule has 1 rings (SSSR count). The van der Waals surface area contributed by atoms with Crippen molar-refractivity contribution >= 4 is 45.4 Å². The Balaban J connectivity index is 0.000000982. The molecule has 0 aromatic heterocycles. The minimum atomic E-state index is 0.194. The van der Waals surface area contributed by atoms with Gasteiger partial charge in [-0.15, -0.1) is 23.2 Å². The maximum Gasteiger partial charge on any atom is 0.150 e. The van der Waals surface area contributed by atoms with Gasteiger partial charge in [-0.2, -0.15) is 0 Å². The zero-order valence-corrected chi connectivity index (χ0v) is 14.3. The lowest BCUT2D eigenvalue weighted by molar-refractivity contribution is 0.112. The summed E-state index contributed by atoms with van der Waals surface area (Å²) in [6.07, 6.45) is 2.83. The Labute approximate surface area is 133 Å². The van der Waals surface area contributed by atoms with Gasteiger partial charge in [-0.25, -0.2) is 0 Å². The average Bonchev–Trinajstić information content (AvgIpc) is 2.40. The van der Waals surface area contributed by atoms with Gasteiger partial charge < -0.3 is 4.74 Å². The number of rotatable bonds is 6. The van der Waals surface area contributed by atoms with Crippen LogP contribution in [0.15, 0.2) is 16.6 Å². The minimum Gasteiger partial charge on any atom is -0.382 e. The molecule has 0 aliphatic heterocycles. The van der Waals surface area contributed by atoms with Crippen LogP contribution in [-0.2, 0) is 11.2 Å². The van der Waals surface area contributed by atoms with Crippen molar-refractivity contribution in [2.45, 2.75) is 26.7 Å². The predicted molar refractivity (Wildman–Crippen MR) is 85.7 cm³/mol. The zero-order valence-electron chi connectivity index (χ0n) is 11.2. The standard InChI is InChI=1S/C13H17BrO2.CH2Cl2/c1-3-16-6-4-5-12-7-11(9-15)8-13(14)10(12)2;2-1-3/h7-9H,3-6H2,1-2H3;1H2. The highest BCUT2D eigenvalue weighted by atomic mass is 79.9. The maximum absolute atomic E-state index is 10.8. The smallest absolute Gasteiger partial charge is 0.150 e. The van der Waals surface area contributed by atoms with Crippen LogP contribution in [0.3, 0.4) is 0 Å². The van der Waals surface area contributed by atoms with E-state index in [1.807, 2.05) is 19.1 Å². The van der Waals surface area contributed by atoms with Crippen LogP contribution in [0.5, 0.6) is 0 Å². The van der Waals surface area contributed by atoms with E-state index in [9.17, 15) is 4.79 Å². The van der Waals surface area contributed by atoms with E-state index in [1.54, 1.807) is 0 Å². The van der Waals surface area contributed by atoms with Crippen molar-refractivity contribution < 1.29 is 9.53 Å². The van der Waals surface area contributed by atoms with Crippen LogP contribution in [0.2, 0.25) is 0 Å². The van der Waals surface area contributed by atoms with Crippen LogP contribution in [0.4, 0.5) is 0 Å². The van der Waals surface area contributed by atoms with Crippen molar-refractivity contribution in [3.63, 3.8) is 0 Å². The summed E-state index contributed by atoms with van der Waals surface area (Å²) in [6, 6.07) is 3.81. The summed E-state index contributed by atoms with van der Waals surface area (Å²) in [4.78, 5) is 10.8.